The van der Waals surface area contributed by atoms with Gasteiger partial charge in [0.05, 0.1) is 19.1 Å². The first-order valence-electron chi connectivity index (χ1n) is 8.03. The van der Waals surface area contributed by atoms with Crippen molar-refractivity contribution >= 4 is 5.97 Å². The van der Waals surface area contributed by atoms with Gasteiger partial charge in [-0.3, -0.25) is 4.79 Å². The maximum atomic E-state index is 11.1. The summed E-state index contributed by atoms with van der Waals surface area (Å²) in [5, 5.41) is 9.12. The Labute approximate surface area is 115 Å². The SMILES string of the molecule is O=C(O)C1CCC(C2(C3CCCCC3)COC2)CC1. The highest BCUT2D eigenvalue weighted by Crippen LogP contribution is 2.53. The first-order chi connectivity index (χ1) is 9.22. The molecule has 0 amide bonds. The standard InChI is InChI=1S/C16H26O3/c17-15(18)12-6-8-14(9-7-12)16(10-19-11-16)13-4-2-1-3-5-13/h12-14H,1-11H2,(H,17,18). The van der Waals surface area contributed by atoms with Crippen LogP contribution < -0.4 is 0 Å². The Morgan fingerprint density at radius 3 is 1.95 bits per heavy atom. The molecule has 1 saturated heterocycles. The van der Waals surface area contributed by atoms with Crippen molar-refractivity contribution in [3.05, 3.63) is 0 Å². The zero-order chi connectivity index (χ0) is 13.3. The Kier molecular flexibility index (Phi) is 3.84. The number of rotatable bonds is 3. The lowest BCUT2D eigenvalue weighted by Crippen LogP contribution is -2.54. The van der Waals surface area contributed by atoms with Gasteiger partial charge in [-0.2, -0.15) is 0 Å². The largest absolute Gasteiger partial charge is 0.481 e. The van der Waals surface area contributed by atoms with Gasteiger partial charge in [0, 0.05) is 5.41 Å². The molecule has 2 aliphatic carbocycles. The van der Waals surface area contributed by atoms with Crippen molar-refractivity contribution in [1.29, 1.82) is 0 Å². The van der Waals surface area contributed by atoms with Gasteiger partial charge in [0.15, 0.2) is 0 Å². The fourth-order valence-corrected chi connectivity index (χ4v) is 4.74. The summed E-state index contributed by atoms with van der Waals surface area (Å²) in [5.74, 6) is 0.900. The van der Waals surface area contributed by atoms with Gasteiger partial charge in [-0.25, -0.2) is 0 Å². The van der Waals surface area contributed by atoms with Gasteiger partial charge in [-0.05, 0) is 50.4 Å². The van der Waals surface area contributed by atoms with Crippen LogP contribution in [-0.2, 0) is 9.53 Å². The van der Waals surface area contributed by atoms with E-state index in [2.05, 4.69) is 0 Å². The predicted octanol–water partition coefficient (Wildman–Crippen LogP) is 3.47. The minimum Gasteiger partial charge on any atom is -0.481 e. The van der Waals surface area contributed by atoms with Gasteiger partial charge >= 0.3 is 5.97 Å². The van der Waals surface area contributed by atoms with E-state index in [1.54, 1.807) is 0 Å². The first kappa shape index (κ1) is 13.4. The second-order valence-electron chi connectivity index (χ2n) is 6.95. The summed E-state index contributed by atoms with van der Waals surface area (Å²) in [6, 6.07) is 0. The van der Waals surface area contributed by atoms with Crippen molar-refractivity contribution in [2.24, 2.45) is 23.2 Å². The molecule has 2 saturated carbocycles. The van der Waals surface area contributed by atoms with E-state index >= 15 is 0 Å². The molecule has 0 aromatic carbocycles. The van der Waals surface area contributed by atoms with E-state index in [1.807, 2.05) is 0 Å². The third-order valence-corrected chi connectivity index (χ3v) is 6.05. The van der Waals surface area contributed by atoms with Crippen LogP contribution in [0.4, 0.5) is 0 Å². The quantitative estimate of drug-likeness (QED) is 0.850. The van der Waals surface area contributed by atoms with Crippen LogP contribution in [-0.4, -0.2) is 24.3 Å². The highest BCUT2D eigenvalue weighted by molar-refractivity contribution is 5.70. The second kappa shape index (κ2) is 5.43. The third-order valence-electron chi connectivity index (χ3n) is 6.05. The molecule has 3 rings (SSSR count). The molecule has 0 unspecified atom stereocenters. The van der Waals surface area contributed by atoms with Crippen LogP contribution >= 0.6 is 0 Å². The van der Waals surface area contributed by atoms with Crippen molar-refractivity contribution in [2.75, 3.05) is 13.2 Å². The van der Waals surface area contributed by atoms with Gasteiger partial charge in [-0.1, -0.05) is 19.3 Å². The number of carbonyl (C=O) groups is 1. The van der Waals surface area contributed by atoms with E-state index in [4.69, 9.17) is 9.84 Å². The molecule has 0 atom stereocenters. The van der Waals surface area contributed by atoms with Crippen LogP contribution in [0.5, 0.6) is 0 Å². The number of ether oxygens (including phenoxy) is 1. The summed E-state index contributed by atoms with van der Waals surface area (Å²) in [7, 11) is 0. The molecular weight excluding hydrogens is 240 g/mol. The van der Waals surface area contributed by atoms with Crippen molar-refractivity contribution < 1.29 is 14.6 Å². The summed E-state index contributed by atoms with van der Waals surface area (Å²) < 4.78 is 5.60. The van der Waals surface area contributed by atoms with Crippen LogP contribution in [0.15, 0.2) is 0 Å². The highest BCUT2D eigenvalue weighted by Gasteiger charge is 2.51. The van der Waals surface area contributed by atoms with Crippen LogP contribution in [0.1, 0.15) is 57.8 Å². The number of aliphatic carboxylic acids is 1. The number of carboxylic acids is 1. The maximum Gasteiger partial charge on any atom is 0.306 e. The molecule has 1 heterocycles. The summed E-state index contributed by atoms with van der Waals surface area (Å²) >= 11 is 0. The van der Waals surface area contributed by atoms with E-state index in [0.717, 1.165) is 50.7 Å². The van der Waals surface area contributed by atoms with Crippen molar-refractivity contribution in [2.45, 2.75) is 57.8 Å². The van der Waals surface area contributed by atoms with Crippen molar-refractivity contribution in [3.8, 4) is 0 Å². The number of carboxylic acid groups (broad SMARTS) is 1. The molecule has 19 heavy (non-hydrogen) atoms. The van der Waals surface area contributed by atoms with Gasteiger partial charge in [0.2, 0.25) is 0 Å². The van der Waals surface area contributed by atoms with E-state index in [1.165, 1.54) is 32.1 Å². The molecule has 0 bridgehead atoms. The van der Waals surface area contributed by atoms with E-state index in [9.17, 15) is 4.79 Å². The highest BCUT2D eigenvalue weighted by atomic mass is 16.5. The van der Waals surface area contributed by atoms with Crippen LogP contribution in [0.3, 0.4) is 0 Å². The topological polar surface area (TPSA) is 46.5 Å². The summed E-state index contributed by atoms with van der Waals surface area (Å²) in [4.78, 5) is 11.1. The molecule has 1 aliphatic heterocycles. The number of hydrogen-bond acceptors (Lipinski definition) is 2. The van der Waals surface area contributed by atoms with Gasteiger partial charge < -0.3 is 9.84 Å². The van der Waals surface area contributed by atoms with Crippen molar-refractivity contribution in [3.63, 3.8) is 0 Å². The molecule has 0 aromatic rings. The van der Waals surface area contributed by atoms with Gasteiger partial charge in [0.25, 0.3) is 0 Å². The summed E-state index contributed by atoms with van der Waals surface area (Å²) in [5.41, 5.74) is 0.421. The summed E-state index contributed by atoms with van der Waals surface area (Å²) in [6.07, 6.45) is 10.9. The van der Waals surface area contributed by atoms with E-state index in [0.29, 0.717) is 5.41 Å². The molecule has 0 radical (unpaired) electrons. The Morgan fingerprint density at radius 2 is 1.47 bits per heavy atom. The average Bonchev–Trinajstić information content (AvgIpc) is 2.39. The van der Waals surface area contributed by atoms with E-state index in [-0.39, 0.29) is 5.92 Å². The molecule has 3 aliphatic rings. The minimum atomic E-state index is -0.588. The third kappa shape index (κ3) is 2.42. The lowest BCUT2D eigenvalue weighted by Gasteiger charge is -2.54. The smallest absolute Gasteiger partial charge is 0.306 e. The molecule has 3 nitrogen and oxygen atoms in total. The zero-order valence-corrected chi connectivity index (χ0v) is 11.8. The van der Waals surface area contributed by atoms with Crippen molar-refractivity contribution in [1.82, 2.24) is 0 Å². The molecule has 1 N–H and O–H groups in total. The molecule has 3 heteroatoms. The maximum absolute atomic E-state index is 11.1. The minimum absolute atomic E-state index is 0.0827. The summed E-state index contributed by atoms with van der Waals surface area (Å²) in [6.45, 7) is 1.89. The molecule has 0 aromatic heterocycles. The monoisotopic (exact) mass is 266 g/mol. The fraction of sp³-hybridized carbons (Fsp3) is 0.938. The zero-order valence-electron chi connectivity index (χ0n) is 11.8. The van der Waals surface area contributed by atoms with Crippen LogP contribution in [0.25, 0.3) is 0 Å². The van der Waals surface area contributed by atoms with Crippen LogP contribution in [0.2, 0.25) is 0 Å². The molecule has 3 fully saturated rings. The normalized spacial score (nSPS) is 35.6. The first-order valence-corrected chi connectivity index (χ1v) is 8.03. The van der Waals surface area contributed by atoms with Crippen LogP contribution in [0, 0.1) is 23.2 Å². The second-order valence-corrected chi connectivity index (χ2v) is 6.95. The van der Waals surface area contributed by atoms with Gasteiger partial charge in [0.1, 0.15) is 0 Å². The Hall–Kier alpha value is -0.570. The Morgan fingerprint density at radius 1 is 0.895 bits per heavy atom. The fourth-order valence-electron chi connectivity index (χ4n) is 4.74. The molecule has 108 valence electrons. The predicted molar refractivity (Wildman–Crippen MR) is 72.9 cm³/mol. The lowest BCUT2D eigenvalue weighted by atomic mass is 9.57. The Bertz CT molecular complexity index is 321. The number of hydrogen-bond donors (Lipinski definition) is 1. The van der Waals surface area contributed by atoms with Gasteiger partial charge in [-0.15, -0.1) is 0 Å². The Balaban J connectivity index is 1.64. The van der Waals surface area contributed by atoms with E-state index < -0.39 is 5.97 Å². The average molecular weight is 266 g/mol. The molecular formula is C16H26O3. The molecule has 0 spiro atoms. The lowest BCUT2D eigenvalue weighted by molar-refractivity contribution is -0.192.